The summed E-state index contributed by atoms with van der Waals surface area (Å²) in [7, 11) is 0. The lowest BCUT2D eigenvalue weighted by molar-refractivity contribution is -0.142. The summed E-state index contributed by atoms with van der Waals surface area (Å²) in [6.07, 6.45) is 1.94. The monoisotopic (exact) mass is 545 g/mol. The van der Waals surface area contributed by atoms with Crippen LogP contribution in [0.2, 0.25) is 0 Å². The Morgan fingerprint density at radius 3 is 2.36 bits per heavy atom. The van der Waals surface area contributed by atoms with Gasteiger partial charge in [0.05, 0.1) is 12.6 Å². The Balaban J connectivity index is 1.94. The van der Waals surface area contributed by atoms with E-state index >= 15 is 0 Å². The number of guanidine groups is 1. The molecule has 15 nitrogen and oxygen atoms in total. The summed E-state index contributed by atoms with van der Waals surface area (Å²) in [5.41, 5.74) is 23.4. The predicted octanol–water partition coefficient (Wildman–Crippen LogP) is -2.47. The topological polar surface area (TPSA) is 274 Å². The highest BCUT2D eigenvalue weighted by atomic mass is 16.4. The Hall–Kier alpha value is -4.66. The Bertz CT molecular complexity index is 1210. The molecular formula is C24H35N9O6. The number of aliphatic imine (C=N–C) groups is 1. The molecule has 3 atom stereocenters. The molecule has 212 valence electrons. The highest BCUT2D eigenvalue weighted by Crippen LogP contribution is 2.18. The summed E-state index contributed by atoms with van der Waals surface area (Å²) in [6, 6.07) is 4.06. The average Bonchev–Trinajstić information content (AvgIpc) is 3.28. The number of para-hydroxylation sites is 1. The smallest absolute Gasteiger partial charge is 0.326 e. The molecule has 15 heteroatoms. The molecule has 2 aromatic rings. The summed E-state index contributed by atoms with van der Waals surface area (Å²) in [5.74, 6) is -4.26. The normalized spacial score (nSPS) is 13.1. The van der Waals surface area contributed by atoms with Crippen LogP contribution in [0.3, 0.4) is 0 Å². The number of H-pyrrole nitrogens is 1. The molecule has 1 aromatic carbocycles. The lowest BCUT2D eigenvalue weighted by Crippen LogP contribution is -2.54. The number of hydrogen-bond donors (Lipinski definition) is 9. The highest BCUT2D eigenvalue weighted by Gasteiger charge is 2.26. The van der Waals surface area contributed by atoms with Crippen molar-refractivity contribution in [1.82, 2.24) is 20.9 Å². The molecule has 13 N–H and O–H groups in total. The van der Waals surface area contributed by atoms with Gasteiger partial charge in [0.25, 0.3) is 0 Å². The quantitative estimate of drug-likeness (QED) is 0.0613. The van der Waals surface area contributed by atoms with Crippen LogP contribution in [0.5, 0.6) is 0 Å². The molecular weight excluding hydrogens is 510 g/mol. The van der Waals surface area contributed by atoms with Crippen LogP contribution in [0.1, 0.15) is 31.2 Å². The third-order valence-corrected chi connectivity index (χ3v) is 5.77. The molecule has 1 aromatic heterocycles. The van der Waals surface area contributed by atoms with E-state index in [1.807, 2.05) is 24.3 Å². The van der Waals surface area contributed by atoms with Crippen molar-refractivity contribution in [3.63, 3.8) is 0 Å². The molecule has 0 fully saturated rings. The Morgan fingerprint density at radius 1 is 0.974 bits per heavy atom. The van der Waals surface area contributed by atoms with E-state index in [2.05, 4.69) is 25.9 Å². The zero-order valence-electron chi connectivity index (χ0n) is 21.3. The van der Waals surface area contributed by atoms with Crippen LogP contribution < -0.4 is 38.9 Å². The first-order valence-electron chi connectivity index (χ1n) is 12.2. The van der Waals surface area contributed by atoms with Gasteiger partial charge in [-0.15, -0.1) is 0 Å². The number of carbonyl (C=O) groups is 5. The average molecular weight is 546 g/mol. The summed E-state index contributed by atoms with van der Waals surface area (Å²) in [5, 5.41) is 17.4. The number of nitrogens with zero attached hydrogens (tertiary/aromatic N) is 1. The third kappa shape index (κ3) is 10.3. The van der Waals surface area contributed by atoms with Crippen LogP contribution in [0.25, 0.3) is 10.9 Å². The summed E-state index contributed by atoms with van der Waals surface area (Å²) in [4.78, 5) is 67.4. The number of fused-ring (bicyclic) bond motifs is 1. The lowest BCUT2D eigenvalue weighted by atomic mass is 10.0. The number of carbonyl (C=O) groups excluding carboxylic acids is 4. The van der Waals surface area contributed by atoms with Crippen LogP contribution in [0.15, 0.2) is 35.5 Å². The third-order valence-electron chi connectivity index (χ3n) is 5.77. The number of benzene rings is 1. The van der Waals surface area contributed by atoms with Crippen molar-refractivity contribution < 1.29 is 29.1 Å². The minimum Gasteiger partial charge on any atom is -0.480 e. The zero-order chi connectivity index (χ0) is 28.9. The van der Waals surface area contributed by atoms with Crippen molar-refractivity contribution in [1.29, 1.82) is 0 Å². The van der Waals surface area contributed by atoms with E-state index in [-0.39, 0.29) is 38.2 Å². The van der Waals surface area contributed by atoms with E-state index in [4.69, 9.17) is 22.9 Å². The number of carboxylic acid groups (broad SMARTS) is 1. The fraction of sp³-hybridized carbons (Fsp3) is 0.417. The molecule has 1 heterocycles. The van der Waals surface area contributed by atoms with Gasteiger partial charge in [0, 0.05) is 30.1 Å². The molecule has 2 rings (SSSR count). The van der Waals surface area contributed by atoms with Crippen LogP contribution in [-0.2, 0) is 30.4 Å². The van der Waals surface area contributed by atoms with Gasteiger partial charge in [-0.2, -0.15) is 0 Å². The molecule has 0 saturated carbocycles. The molecule has 0 spiro atoms. The molecule has 0 radical (unpaired) electrons. The second-order valence-electron chi connectivity index (χ2n) is 8.86. The second kappa shape index (κ2) is 14.9. The van der Waals surface area contributed by atoms with Gasteiger partial charge >= 0.3 is 5.97 Å². The number of nitrogens with two attached hydrogens (primary N) is 4. The molecule has 0 aliphatic heterocycles. The summed E-state index contributed by atoms with van der Waals surface area (Å²) >= 11 is 0. The standard InChI is InChI=1S/C24H35N9O6/c25-15(10-13-11-30-16-5-2-1-4-14(13)16)21(36)33-17(7-8-19(26)34)22(37)31-12-20(35)32-18(23(38)39)6-3-9-29-24(27)28/h1-2,4-5,11,15,17-18,30H,3,6-10,12,25H2,(H2,26,34)(H,31,37)(H,32,35)(H,33,36)(H,38,39)(H4,27,28,29). The van der Waals surface area contributed by atoms with Crippen molar-refractivity contribution in [2.24, 2.45) is 27.9 Å². The molecule has 0 saturated heterocycles. The lowest BCUT2D eigenvalue weighted by Gasteiger charge is -2.21. The molecule has 0 aliphatic carbocycles. The van der Waals surface area contributed by atoms with Gasteiger partial charge in [-0.05, 0) is 37.3 Å². The molecule has 39 heavy (non-hydrogen) atoms. The van der Waals surface area contributed by atoms with E-state index in [0.717, 1.165) is 16.5 Å². The number of amides is 4. The first-order valence-corrected chi connectivity index (χ1v) is 12.2. The first-order chi connectivity index (χ1) is 18.5. The Kier molecular flexibility index (Phi) is 11.7. The number of aromatic nitrogens is 1. The molecule has 4 amide bonds. The number of aromatic amines is 1. The number of carboxylic acids is 1. The molecule has 3 unspecified atom stereocenters. The number of rotatable bonds is 16. The van der Waals surface area contributed by atoms with E-state index < -0.39 is 54.3 Å². The number of nitrogens with one attached hydrogen (secondary N) is 4. The van der Waals surface area contributed by atoms with Gasteiger partial charge in [-0.1, -0.05) is 18.2 Å². The van der Waals surface area contributed by atoms with Crippen LogP contribution in [-0.4, -0.2) is 76.9 Å². The number of hydrogen-bond acceptors (Lipinski definition) is 7. The predicted molar refractivity (Wildman–Crippen MR) is 143 cm³/mol. The van der Waals surface area contributed by atoms with E-state index in [1.165, 1.54) is 0 Å². The van der Waals surface area contributed by atoms with Crippen molar-refractivity contribution >= 4 is 46.5 Å². The number of primary amides is 1. The molecule has 0 aliphatic rings. The second-order valence-corrected chi connectivity index (χ2v) is 8.86. The van der Waals surface area contributed by atoms with Gasteiger partial charge in [-0.25, -0.2) is 4.79 Å². The Morgan fingerprint density at radius 2 is 1.69 bits per heavy atom. The van der Waals surface area contributed by atoms with Crippen LogP contribution in [0.4, 0.5) is 0 Å². The highest BCUT2D eigenvalue weighted by molar-refractivity contribution is 5.93. The van der Waals surface area contributed by atoms with Crippen molar-refractivity contribution in [2.75, 3.05) is 13.1 Å². The maximum absolute atomic E-state index is 12.8. The maximum Gasteiger partial charge on any atom is 0.326 e. The maximum atomic E-state index is 12.8. The van der Waals surface area contributed by atoms with Crippen molar-refractivity contribution in [2.45, 2.75) is 50.2 Å². The summed E-state index contributed by atoms with van der Waals surface area (Å²) in [6.45, 7) is -0.386. The minimum absolute atomic E-state index is 0.0530. The van der Waals surface area contributed by atoms with Gasteiger partial charge in [-0.3, -0.25) is 24.2 Å². The number of aliphatic carboxylic acids is 1. The van der Waals surface area contributed by atoms with E-state index in [1.54, 1.807) is 6.20 Å². The SMILES string of the molecule is NC(=O)CCC(NC(=O)C(N)Cc1c[nH]c2ccccc12)C(=O)NCC(=O)NC(CCCN=C(N)N)C(=O)O. The van der Waals surface area contributed by atoms with E-state index in [0.29, 0.717) is 6.42 Å². The fourth-order valence-electron chi connectivity index (χ4n) is 3.76. The van der Waals surface area contributed by atoms with Gasteiger partial charge in [0.2, 0.25) is 23.6 Å². The van der Waals surface area contributed by atoms with Gasteiger partial charge in [0.15, 0.2) is 5.96 Å². The zero-order valence-corrected chi connectivity index (χ0v) is 21.3. The summed E-state index contributed by atoms with van der Waals surface area (Å²) < 4.78 is 0. The minimum atomic E-state index is -1.27. The largest absolute Gasteiger partial charge is 0.480 e. The molecule has 0 bridgehead atoms. The van der Waals surface area contributed by atoms with Gasteiger partial charge < -0.3 is 49.0 Å². The van der Waals surface area contributed by atoms with Gasteiger partial charge in [0.1, 0.15) is 12.1 Å². The van der Waals surface area contributed by atoms with Crippen LogP contribution in [0, 0.1) is 0 Å². The Labute approximate surface area is 224 Å². The van der Waals surface area contributed by atoms with Crippen molar-refractivity contribution in [3.8, 4) is 0 Å². The first kappa shape index (κ1) is 30.6. The van der Waals surface area contributed by atoms with E-state index in [9.17, 15) is 29.1 Å². The fourth-order valence-corrected chi connectivity index (χ4v) is 3.76. The van der Waals surface area contributed by atoms with Crippen LogP contribution >= 0.6 is 0 Å². The van der Waals surface area contributed by atoms with Crippen molar-refractivity contribution in [3.05, 3.63) is 36.0 Å².